The molecule has 5 heteroatoms. The van der Waals surface area contributed by atoms with E-state index in [2.05, 4.69) is 16.2 Å². The van der Waals surface area contributed by atoms with Crippen molar-refractivity contribution in [2.75, 3.05) is 5.43 Å². The number of carbonyl (C=O) groups is 2. The zero-order valence-electron chi connectivity index (χ0n) is 15.7. The highest BCUT2D eigenvalue weighted by atomic mass is 16.2. The first-order valence-corrected chi connectivity index (χ1v) is 9.13. The van der Waals surface area contributed by atoms with Gasteiger partial charge in [0.25, 0.3) is 11.8 Å². The topological polar surface area (TPSA) is 70.2 Å². The summed E-state index contributed by atoms with van der Waals surface area (Å²) in [6, 6.07) is 27.7. The molecule has 2 amide bonds. The van der Waals surface area contributed by atoms with E-state index in [0.29, 0.717) is 5.56 Å². The normalized spacial score (nSPS) is 11.1. The molecule has 3 aromatic rings. The van der Waals surface area contributed by atoms with Gasteiger partial charge in [-0.05, 0) is 35.9 Å². The maximum absolute atomic E-state index is 12.6. The van der Waals surface area contributed by atoms with Gasteiger partial charge in [0.05, 0.1) is 5.69 Å². The van der Waals surface area contributed by atoms with Crippen molar-refractivity contribution in [3.8, 4) is 0 Å². The Kier molecular flexibility index (Phi) is 6.96. The number of carbonyl (C=O) groups excluding carboxylic acids is 2. The second-order valence-corrected chi connectivity index (χ2v) is 6.12. The number of allylic oxidation sites excluding steroid dienone is 2. The Bertz CT molecular complexity index is 998. The molecule has 0 radical (unpaired) electrons. The lowest BCUT2D eigenvalue weighted by molar-refractivity contribution is -0.117. The first-order valence-electron chi connectivity index (χ1n) is 9.13. The molecule has 0 saturated carbocycles. The second-order valence-electron chi connectivity index (χ2n) is 6.12. The lowest BCUT2D eigenvalue weighted by Crippen LogP contribution is -2.37. The van der Waals surface area contributed by atoms with E-state index >= 15 is 0 Å². The second kappa shape index (κ2) is 10.3. The molecule has 0 aromatic heterocycles. The van der Waals surface area contributed by atoms with Gasteiger partial charge in [-0.1, -0.05) is 78.9 Å². The van der Waals surface area contributed by atoms with Crippen LogP contribution in [0.2, 0.25) is 0 Å². The van der Waals surface area contributed by atoms with E-state index in [-0.39, 0.29) is 11.6 Å². The smallest absolute Gasteiger partial charge is 0.286 e. The summed E-state index contributed by atoms with van der Waals surface area (Å²) >= 11 is 0. The Morgan fingerprint density at radius 2 is 1.31 bits per heavy atom. The summed E-state index contributed by atoms with van der Waals surface area (Å²) < 4.78 is 0. The Morgan fingerprint density at radius 1 is 0.724 bits per heavy atom. The van der Waals surface area contributed by atoms with Crippen LogP contribution in [0.1, 0.15) is 15.9 Å². The van der Waals surface area contributed by atoms with E-state index in [0.717, 1.165) is 11.3 Å². The number of amides is 2. The molecule has 3 N–H and O–H groups in total. The largest absolute Gasteiger partial charge is 0.317 e. The van der Waals surface area contributed by atoms with Gasteiger partial charge in [0.1, 0.15) is 5.70 Å². The maximum atomic E-state index is 12.6. The average Bonchev–Trinajstić information content (AvgIpc) is 2.78. The highest BCUT2D eigenvalue weighted by Crippen LogP contribution is 2.06. The zero-order chi connectivity index (χ0) is 20.3. The molecule has 0 heterocycles. The van der Waals surface area contributed by atoms with E-state index in [9.17, 15) is 9.59 Å². The van der Waals surface area contributed by atoms with Crippen LogP contribution in [0.15, 0.2) is 109 Å². The van der Waals surface area contributed by atoms with Gasteiger partial charge in [0.2, 0.25) is 0 Å². The summed E-state index contributed by atoms with van der Waals surface area (Å²) in [6.07, 6.45) is 5.14. The predicted molar refractivity (Wildman–Crippen MR) is 116 cm³/mol. The molecular formula is C24H21N3O2. The van der Waals surface area contributed by atoms with Gasteiger partial charge in [-0.3, -0.25) is 20.4 Å². The minimum Gasteiger partial charge on any atom is -0.317 e. The molecular weight excluding hydrogens is 362 g/mol. The van der Waals surface area contributed by atoms with Crippen LogP contribution in [0.5, 0.6) is 0 Å². The van der Waals surface area contributed by atoms with Crippen LogP contribution < -0.4 is 16.2 Å². The number of hydrazine groups is 1. The van der Waals surface area contributed by atoms with Crippen LogP contribution in [0.25, 0.3) is 6.08 Å². The van der Waals surface area contributed by atoms with Gasteiger partial charge in [0.15, 0.2) is 0 Å². The van der Waals surface area contributed by atoms with Gasteiger partial charge < -0.3 is 5.32 Å². The number of rotatable bonds is 7. The lowest BCUT2D eigenvalue weighted by Gasteiger charge is -2.12. The number of anilines is 1. The average molecular weight is 383 g/mol. The third-order valence-electron chi connectivity index (χ3n) is 3.97. The minimum absolute atomic E-state index is 0.120. The molecule has 3 rings (SSSR count). The highest BCUT2D eigenvalue weighted by molar-refractivity contribution is 6.03. The van der Waals surface area contributed by atoms with E-state index in [1.165, 1.54) is 0 Å². The summed E-state index contributed by atoms with van der Waals surface area (Å²) in [5, 5.41) is 2.67. The monoisotopic (exact) mass is 383 g/mol. The Balaban J connectivity index is 1.74. The molecule has 0 aliphatic heterocycles. The predicted octanol–water partition coefficient (Wildman–Crippen LogP) is 4.16. The molecule has 0 saturated heterocycles. The van der Waals surface area contributed by atoms with Gasteiger partial charge >= 0.3 is 0 Å². The van der Waals surface area contributed by atoms with Crippen molar-refractivity contribution < 1.29 is 9.59 Å². The molecule has 0 fully saturated rings. The number of nitrogens with one attached hydrogen (secondary N) is 3. The molecule has 3 aromatic carbocycles. The third-order valence-corrected chi connectivity index (χ3v) is 3.97. The van der Waals surface area contributed by atoms with Gasteiger partial charge in [0, 0.05) is 5.56 Å². The van der Waals surface area contributed by atoms with Crippen LogP contribution in [0, 0.1) is 0 Å². The van der Waals surface area contributed by atoms with Gasteiger partial charge in [-0.2, -0.15) is 0 Å². The fraction of sp³-hybridized carbons (Fsp3) is 0. The van der Waals surface area contributed by atoms with Crippen molar-refractivity contribution in [2.24, 2.45) is 0 Å². The van der Waals surface area contributed by atoms with Crippen LogP contribution in [-0.4, -0.2) is 11.8 Å². The molecule has 0 unspecified atom stereocenters. The van der Waals surface area contributed by atoms with Crippen molar-refractivity contribution in [1.82, 2.24) is 10.7 Å². The Hall–Kier alpha value is -4.12. The number of hydrogen-bond donors (Lipinski definition) is 3. The summed E-state index contributed by atoms with van der Waals surface area (Å²) in [7, 11) is 0. The quantitative estimate of drug-likeness (QED) is 0.326. The fourth-order valence-electron chi connectivity index (χ4n) is 2.50. The summed E-state index contributed by atoms with van der Waals surface area (Å²) in [5.41, 5.74) is 7.73. The van der Waals surface area contributed by atoms with E-state index in [1.807, 2.05) is 72.8 Å². The SMILES string of the molecule is O=C(NNc1ccccc1)C(=CC=Cc1ccccc1)NC(=O)c1ccccc1. The van der Waals surface area contributed by atoms with Crippen LogP contribution in [0.3, 0.4) is 0 Å². The zero-order valence-corrected chi connectivity index (χ0v) is 15.7. The van der Waals surface area contributed by atoms with Crippen LogP contribution >= 0.6 is 0 Å². The first kappa shape index (κ1) is 19.6. The number of hydrogen-bond acceptors (Lipinski definition) is 3. The Morgan fingerprint density at radius 3 is 1.97 bits per heavy atom. The molecule has 29 heavy (non-hydrogen) atoms. The first-order chi connectivity index (χ1) is 14.2. The van der Waals surface area contributed by atoms with E-state index in [1.54, 1.807) is 36.4 Å². The molecule has 0 atom stereocenters. The van der Waals surface area contributed by atoms with Gasteiger partial charge in [-0.25, -0.2) is 0 Å². The van der Waals surface area contributed by atoms with E-state index < -0.39 is 5.91 Å². The third kappa shape index (κ3) is 6.22. The molecule has 144 valence electrons. The van der Waals surface area contributed by atoms with Crippen molar-refractivity contribution >= 4 is 23.6 Å². The number of benzene rings is 3. The standard InChI is InChI=1S/C24H21N3O2/c28-23(20-14-6-2-7-15-20)25-22(18-10-13-19-11-4-1-5-12-19)24(29)27-26-21-16-8-3-9-17-21/h1-18,26H,(H,25,28)(H,27,29). The maximum Gasteiger partial charge on any atom is 0.286 e. The summed E-state index contributed by atoms with van der Waals surface area (Å²) in [5.74, 6) is -0.823. The Labute approximate surface area is 169 Å². The lowest BCUT2D eigenvalue weighted by atomic mass is 10.2. The molecule has 0 spiro atoms. The minimum atomic E-state index is -0.462. The van der Waals surface area contributed by atoms with Crippen molar-refractivity contribution in [3.05, 3.63) is 120 Å². The summed E-state index contributed by atoms with van der Waals surface area (Å²) in [6.45, 7) is 0. The number of para-hydroxylation sites is 1. The molecule has 0 aliphatic rings. The molecule has 5 nitrogen and oxygen atoms in total. The summed E-state index contributed by atoms with van der Waals surface area (Å²) in [4.78, 5) is 25.1. The molecule has 0 aliphatic carbocycles. The van der Waals surface area contributed by atoms with Crippen LogP contribution in [-0.2, 0) is 4.79 Å². The van der Waals surface area contributed by atoms with Crippen molar-refractivity contribution in [3.63, 3.8) is 0 Å². The highest BCUT2D eigenvalue weighted by Gasteiger charge is 2.13. The molecule has 0 bridgehead atoms. The van der Waals surface area contributed by atoms with Gasteiger partial charge in [-0.15, -0.1) is 0 Å². The van der Waals surface area contributed by atoms with Crippen molar-refractivity contribution in [2.45, 2.75) is 0 Å². The van der Waals surface area contributed by atoms with Crippen LogP contribution in [0.4, 0.5) is 5.69 Å². The van der Waals surface area contributed by atoms with Crippen molar-refractivity contribution in [1.29, 1.82) is 0 Å². The van der Waals surface area contributed by atoms with E-state index in [4.69, 9.17) is 0 Å². The fourth-order valence-corrected chi connectivity index (χ4v) is 2.50.